The van der Waals surface area contributed by atoms with Crippen LogP contribution in [0.2, 0.25) is 0 Å². The van der Waals surface area contributed by atoms with Gasteiger partial charge in [-0.05, 0) is 37.5 Å². The van der Waals surface area contributed by atoms with Crippen molar-refractivity contribution in [3.05, 3.63) is 23.8 Å². The number of nitrogens with two attached hydrogens (primary N) is 1. The van der Waals surface area contributed by atoms with E-state index < -0.39 is 16.1 Å². The predicted octanol–water partition coefficient (Wildman–Crippen LogP) is 0.880. The van der Waals surface area contributed by atoms with E-state index in [0.717, 1.165) is 12.0 Å². The first kappa shape index (κ1) is 14.9. The summed E-state index contributed by atoms with van der Waals surface area (Å²) in [6.07, 6.45) is 0.615. The summed E-state index contributed by atoms with van der Waals surface area (Å²) < 4.78 is 26.3. The van der Waals surface area contributed by atoms with Gasteiger partial charge in [0.25, 0.3) is 0 Å². The van der Waals surface area contributed by atoms with Crippen LogP contribution >= 0.6 is 0 Å². The van der Waals surface area contributed by atoms with E-state index in [1.54, 1.807) is 19.1 Å². The molecule has 0 radical (unpaired) electrons. The third-order valence-corrected chi connectivity index (χ3v) is 4.12. The molecule has 0 spiro atoms. The Morgan fingerprint density at radius 3 is 2.61 bits per heavy atom. The van der Waals surface area contributed by atoms with Crippen molar-refractivity contribution in [3.8, 4) is 0 Å². The summed E-state index contributed by atoms with van der Waals surface area (Å²) >= 11 is 0. The maximum absolute atomic E-state index is 11.9. The lowest BCUT2D eigenvalue weighted by Crippen LogP contribution is -2.26. The van der Waals surface area contributed by atoms with E-state index in [-0.39, 0.29) is 11.4 Å². The van der Waals surface area contributed by atoms with Gasteiger partial charge >= 0.3 is 0 Å². The molecular formula is C12H20N2O3S. The minimum atomic E-state index is -3.54. The van der Waals surface area contributed by atoms with Crippen molar-refractivity contribution in [2.24, 2.45) is 0 Å². The summed E-state index contributed by atoms with van der Waals surface area (Å²) in [4.78, 5) is 0.155. The Balaban J connectivity index is 2.82. The zero-order valence-corrected chi connectivity index (χ0v) is 11.5. The molecule has 4 N–H and O–H groups in total. The average Bonchev–Trinajstić information content (AvgIpc) is 2.28. The molecule has 102 valence electrons. The molecule has 0 amide bonds. The van der Waals surface area contributed by atoms with Crippen LogP contribution in [0.1, 0.15) is 25.8 Å². The van der Waals surface area contributed by atoms with Gasteiger partial charge in [0.15, 0.2) is 0 Å². The first-order valence-corrected chi connectivity index (χ1v) is 7.41. The van der Waals surface area contributed by atoms with Crippen LogP contribution in [0.4, 0.5) is 5.69 Å². The maximum atomic E-state index is 11.9. The van der Waals surface area contributed by atoms with Crippen LogP contribution in [0.15, 0.2) is 23.1 Å². The highest BCUT2D eigenvalue weighted by Gasteiger charge is 2.14. The molecule has 1 rings (SSSR count). The lowest BCUT2D eigenvalue weighted by Gasteiger charge is -2.10. The van der Waals surface area contributed by atoms with Crippen molar-refractivity contribution in [2.45, 2.75) is 37.7 Å². The third kappa shape index (κ3) is 3.97. The molecule has 0 saturated carbocycles. The molecule has 0 fully saturated rings. The fourth-order valence-corrected chi connectivity index (χ4v) is 2.63. The van der Waals surface area contributed by atoms with Crippen LogP contribution < -0.4 is 10.5 Å². The number of aliphatic hydroxyl groups is 1. The van der Waals surface area contributed by atoms with Gasteiger partial charge in [0.2, 0.25) is 10.0 Å². The van der Waals surface area contributed by atoms with Gasteiger partial charge in [-0.15, -0.1) is 0 Å². The standard InChI is InChI=1S/C12H20N2O3S/c1-3-10-4-5-11(8-12(10)13)18(16,17)14-7-6-9(2)15/h4-5,8-9,14-15H,3,6-7,13H2,1-2H3. The second-order valence-electron chi connectivity index (χ2n) is 4.25. The highest BCUT2D eigenvalue weighted by molar-refractivity contribution is 7.89. The summed E-state index contributed by atoms with van der Waals surface area (Å²) in [7, 11) is -3.54. The molecule has 1 aromatic carbocycles. The number of rotatable bonds is 6. The van der Waals surface area contributed by atoms with Gasteiger partial charge in [0.1, 0.15) is 0 Å². The average molecular weight is 272 g/mol. The molecule has 0 heterocycles. The van der Waals surface area contributed by atoms with Gasteiger partial charge in [-0.1, -0.05) is 13.0 Å². The Hall–Kier alpha value is -1.11. The summed E-state index contributed by atoms with van der Waals surface area (Å²) in [5.41, 5.74) is 7.18. The van der Waals surface area contributed by atoms with Gasteiger partial charge < -0.3 is 10.8 Å². The van der Waals surface area contributed by atoms with Gasteiger partial charge in [-0.3, -0.25) is 0 Å². The number of nitrogen functional groups attached to an aromatic ring is 1. The zero-order chi connectivity index (χ0) is 13.8. The molecular weight excluding hydrogens is 252 g/mol. The summed E-state index contributed by atoms with van der Waals surface area (Å²) in [5, 5.41) is 9.08. The van der Waals surface area contributed by atoms with Crippen molar-refractivity contribution in [3.63, 3.8) is 0 Å². The van der Waals surface area contributed by atoms with Crippen LogP contribution in [0.5, 0.6) is 0 Å². The van der Waals surface area contributed by atoms with Crippen LogP contribution in [0.3, 0.4) is 0 Å². The first-order valence-electron chi connectivity index (χ1n) is 5.93. The second-order valence-corrected chi connectivity index (χ2v) is 6.02. The first-order chi connectivity index (χ1) is 8.36. The highest BCUT2D eigenvalue weighted by Crippen LogP contribution is 2.18. The van der Waals surface area contributed by atoms with E-state index >= 15 is 0 Å². The predicted molar refractivity (Wildman–Crippen MR) is 71.7 cm³/mol. The molecule has 0 aliphatic heterocycles. The van der Waals surface area contributed by atoms with Crippen LogP contribution in [-0.2, 0) is 16.4 Å². The van der Waals surface area contributed by atoms with E-state index in [9.17, 15) is 8.42 Å². The molecule has 0 aliphatic carbocycles. The molecule has 0 saturated heterocycles. The molecule has 0 aromatic heterocycles. The second kappa shape index (κ2) is 6.17. The Morgan fingerprint density at radius 1 is 1.44 bits per heavy atom. The molecule has 1 aromatic rings. The van der Waals surface area contributed by atoms with Crippen molar-refractivity contribution < 1.29 is 13.5 Å². The number of benzene rings is 1. The Bertz CT molecular complexity index is 498. The molecule has 1 unspecified atom stereocenters. The number of aliphatic hydroxyl groups excluding tert-OH is 1. The molecule has 0 bridgehead atoms. The van der Waals surface area contributed by atoms with Crippen LogP contribution in [-0.4, -0.2) is 26.2 Å². The lowest BCUT2D eigenvalue weighted by atomic mass is 10.1. The fourth-order valence-electron chi connectivity index (χ4n) is 1.55. The summed E-state index contributed by atoms with van der Waals surface area (Å²) in [5.74, 6) is 0. The highest BCUT2D eigenvalue weighted by atomic mass is 32.2. The van der Waals surface area contributed by atoms with E-state index in [4.69, 9.17) is 10.8 Å². The van der Waals surface area contributed by atoms with E-state index in [0.29, 0.717) is 12.1 Å². The van der Waals surface area contributed by atoms with E-state index in [1.807, 2.05) is 6.92 Å². The van der Waals surface area contributed by atoms with E-state index in [1.165, 1.54) is 6.07 Å². The third-order valence-electron chi connectivity index (χ3n) is 2.66. The monoisotopic (exact) mass is 272 g/mol. The van der Waals surface area contributed by atoms with Crippen molar-refractivity contribution in [1.82, 2.24) is 4.72 Å². The zero-order valence-electron chi connectivity index (χ0n) is 10.7. The topological polar surface area (TPSA) is 92.4 Å². The van der Waals surface area contributed by atoms with Crippen molar-refractivity contribution in [1.29, 1.82) is 0 Å². The number of sulfonamides is 1. The minimum Gasteiger partial charge on any atom is -0.398 e. The smallest absolute Gasteiger partial charge is 0.240 e. The molecule has 5 nitrogen and oxygen atoms in total. The minimum absolute atomic E-state index is 0.155. The summed E-state index contributed by atoms with van der Waals surface area (Å²) in [6.45, 7) is 3.78. The lowest BCUT2D eigenvalue weighted by molar-refractivity contribution is 0.186. The number of nitrogens with one attached hydrogen (secondary N) is 1. The number of anilines is 1. The van der Waals surface area contributed by atoms with Crippen molar-refractivity contribution >= 4 is 15.7 Å². The van der Waals surface area contributed by atoms with Gasteiger partial charge in [-0.25, -0.2) is 13.1 Å². The van der Waals surface area contributed by atoms with Gasteiger partial charge in [0, 0.05) is 12.2 Å². The number of hydrogen-bond acceptors (Lipinski definition) is 4. The fraction of sp³-hybridized carbons (Fsp3) is 0.500. The number of aryl methyl sites for hydroxylation is 1. The van der Waals surface area contributed by atoms with Crippen LogP contribution in [0.25, 0.3) is 0 Å². The molecule has 1 atom stereocenters. The normalized spacial score (nSPS) is 13.5. The van der Waals surface area contributed by atoms with Gasteiger partial charge in [-0.2, -0.15) is 0 Å². The van der Waals surface area contributed by atoms with E-state index in [2.05, 4.69) is 4.72 Å². The number of hydrogen-bond donors (Lipinski definition) is 3. The molecule has 0 aliphatic rings. The quantitative estimate of drug-likeness (QED) is 0.670. The van der Waals surface area contributed by atoms with Gasteiger partial charge in [0.05, 0.1) is 11.0 Å². The molecule has 18 heavy (non-hydrogen) atoms. The SMILES string of the molecule is CCc1ccc(S(=O)(=O)NCCC(C)O)cc1N. The molecule has 6 heteroatoms. The Labute approximate surface area is 108 Å². The van der Waals surface area contributed by atoms with Crippen molar-refractivity contribution in [2.75, 3.05) is 12.3 Å². The maximum Gasteiger partial charge on any atom is 0.240 e. The summed E-state index contributed by atoms with van der Waals surface area (Å²) in [6, 6.07) is 4.72. The van der Waals surface area contributed by atoms with Crippen LogP contribution in [0, 0.1) is 0 Å². The largest absolute Gasteiger partial charge is 0.398 e. The Morgan fingerprint density at radius 2 is 2.11 bits per heavy atom. The Kier molecular flexibility index (Phi) is 5.13.